The maximum atomic E-state index is 14.2. The van der Waals surface area contributed by atoms with Crippen molar-refractivity contribution in [2.45, 2.75) is 32.2 Å². The van der Waals surface area contributed by atoms with E-state index in [1.165, 1.54) is 6.07 Å². The molecule has 1 aromatic carbocycles. The van der Waals surface area contributed by atoms with E-state index in [0.29, 0.717) is 16.6 Å². The number of nitrogens with zero attached hydrogens (tertiary/aromatic N) is 1. The van der Waals surface area contributed by atoms with E-state index in [4.69, 9.17) is 4.74 Å². The molecule has 190 valence electrons. The first-order valence-corrected chi connectivity index (χ1v) is 12.6. The zero-order valence-electron chi connectivity index (χ0n) is 19.1. The molecule has 2 N–H and O–H groups in total. The maximum Gasteiger partial charge on any atom is 0.310 e. The van der Waals surface area contributed by atoms with Gasteiger partial charge in [-0.3, -0.25) is 14.5 Å². The number of nitrogens with one attached hydrogen (secondary N) is 2. The van der Waals surface area contributed by atoms with Crippen LogP contribution >= 0.6 is 40.7 Å². The van der Waals surface area contributed by atoms with Crippen molar-refractivity contribution in [2.24, 2.45) is 29.1 Å². The molecular formula is C24H33BrCl2FN3O3. The van der Waals surface area contributed by atoms with Crippen molar-refractivity contribution in [2.75, 3.05) is 39.3 Å². The number of rotatable bonds is 7. The third kappa shape index (κ3) is 5.26. The molecule has 5 rings (SSSR count). The zero-order valence-corrected chi connectivity index (χ0v) is 22.3. The summed E-state index contributed by atoms with van der Waals surface area (Å²) in [7, 11) is 0. The van der Waals surface area contributed by atoms with Gasteiger partial charge in [-0.25, -0.2) is 4.39 Å². The van der Waals surface area contributed by atoms with Crippen LogP contribution in [0.25, 0.3) is 0 Å². The molecule has 10 heteroatoms. The van der Waals surface area contributed by atoms with Gasteiger partial charge in [0.2, 0.25) is 5.91 Å². The number of carbonyl (C=O) groups is 2. The third-order valence-corrected chi connectivity index (χ3v) is 8.74. The van der Waals surface area contributed by atoms with Gasteiger partial charge in [0, 0.05) is 49.3 Å². The van der Waals surface area contributed by atoms with Crippen LogP contribution in [0.4, 0.5) is 4.39 Å². The molecule has 0 radical (unpaired) electrons. The van der Waals surface area contributed by atoms with Crippen LogP contribution in [0, 0.1) is 34.9 Å². The molecule has 4 aliphatic rings. The van der Waals surface area contributed by atoms with Gasteiger partial charge in [-0.2, -0.15) is 0 Å². The minimum Gasteiger partial charge on any atom is -0.464 e. The summed E-state index contributed by atoms with van der Waals surface area (Å²) < 4.78 is 20.6. The van der Waals surface area contributed by atoms with Gasteiger partial charge in [0.1, 0.15) is 12.4 Å². The molecule has 1 saturated heterocycles. The van der Waals surface area contributed by atoms with Gasteiger partial charge in [0.05, 0.1) is 11.8 Å². The highest BCUT2D eigenvalue weighted by Crippen LogP contribution is 2.74. The summed E-state index contributed by atoms with van der Waals surface area (Å²) in [5.74, 6) is -0.929. The number of benzene rings is 1. The summed E-state index contributed by atoms with van der Waals surface area (Å²) >= 11 is 3.26. The van der Waals surface area contributed by atoms with Crippen LogP contribution < -0.4 is 10.6 Å². The van der Waals surface area contributed by atoms with Crippen molar-refractivity contribution in [3.05, 3.63) is 34.1 Å². The van der Waals surface area contributed by atoms with Crippen LogP contribution in [0.3, 0.4) is 0 Å². The Kier molecular flexibility index (Phi) is 9.29. The molecule has 4 atom stereocenters. The first kappa shape index (κ1) is 27.7. The second kappa shape index (κ2) is 11.4. The molecule has 3 aliphatic carbocycles. The number of halogens is 4. The SMILES string of the molecule is Cl.Cl.O=C(OCCN1CCNCC1)[C@H]1[C@H](C(=O)NCc2ccc(Br)cc2F)[C@@H]2CC[C@H]1C21CC1. The Bertz CT molecular complexity index is 898. The Morgan fingerprint density at radius 3 is 2.47 bits per heavy atom. The van der Waals surface area contributed by atoms with Crippen LogP contribution in [0.2, 0.25) is 0 Å². The molecule has 1 spiro atoms. The van der Waals surface area contributed by atoms with Crippen molar-refractivity contribution in [3.8, 4) is 0 Å². The molecule has 34 heavy (non-hydrogen) atoms. The first-order valence-electron chi connectivity index (χ1n) is 11.8. The molecule has 1 amide bonds. The largest absolute Gasteiger partial charge is 0.464 e. The summed E-state index contributed by atoms with van der Waals surface area (Å²) in [6, 6.07) is 4.83. The Balaban J connectivity index is 0.00000162. The summed E-state index contributed by atoms with van der Waals surface area (Å²) in [5, 5.41) is 6.25. The lowest BCUT2D eigenvalue weighted by Crippen LogP contribution is -2.45. The fourth-order valence-corrected chi connectivity index (χ4v) is 6.93. The quantitative estimate of drug-likeness (QED) is 0.483. The predicted octanol–water partition coefficient (Wildman–Crippen LogP) is 3.55. The molecule has 1 heterocycles. The third-order valence-electron chi connectivity index (χ3n) is 8.25. The van der Waals surface area contributed by atoms with E-state index in [1.54, 1.807) is 12.1 Å². The normalized spacial score (nSPS) is 28.6. The Hall–Kier alpha value is -0.930. The average molecular weight is 581 g/mol. The van der Waals surface area contributed by atoms with Gasteiger partial charge in [-0.1, -0.05) is 22.0 Å². The number of carbonyl (C=O) groups excluding carboxylic acids is 2. The number of hydrogen-bond acceptors (Lipinski definition) is 5. The van der Waals surface area contributed by atoms with E-state index in [9.17, 15) is 14.0 Å². The summed E-state index contributed by atoms with van der Waals surface area (Å²) in [4.78, 5) is 28.7. The van der Waals surface area contributed by atoms with Crippen LogP contribution in [0.15, 0.2) is 22.7 Å². The average Bonchev–Trinajstić information content (AvgIpc) is 3.45. The lowest BCUT2D eigenvalue weighted by atomic mass is 9.78. The summed E-state index contributed by atoms with van der Waals surface area (Å²) in [6.45, 7) is 5.09. The first-order chi connectivity index (χ1) is 15.5. The standard InChI is InChI=1S/C24H31BrFN3O3.2ClH/c25-16-2-1-15(19(26)13-16)14-28-22(30)20-17-3-4-18(24(17)5-6-24)21(20)23(31)32-12-11-29-9-7-27-8-10-29;;/h1-2,13,17-18,20-21,27H,3-12,14H2,(H,28,30);2*1H/t17-,18+,20+,21+;;/m0../s1. The highest BCUT2D eigenvalue weighted by molar-refractivity contribution is 9.10. The van der Waals surface area contributed by atoms with Gasteiger partial charge in [0.15, 0.2) is 0 Å². The Labute approximate surface area is 221 Å². The Morgan fingerprint density at radius 2 is 1.82 bits per heavy atom. The molecule has 1 aromatic rings. The predicted molar refractivity (Wildman–Crippen MR) is 136 cm³/mol. The fourth-order valence-electron chi connectivity index (χ4n) is 6.60. The molecule has 6 nitrogen and oxygen atoms in total. The highest BCUT2D eigenvalue weighted by Gasteiger charge is 2.71. The second-order valence-corrected chi connectivity index (χ2v) is 10.7. The number of esters is 1. The maximum absolute atomic E-state index is 14.2. The van der Waals surface area contributed by atoms with E-state index in [1.807, 2.05) is 0 Å². The molecule has 1 aliphatic heterocycles. The van der Waals surface area contributed by atoms with E-state index in [-0.39, 0.29) is 78.1 Å². The van der Waals surface area contributed by atoms with E-state index < -0.39 is 0 Å². The van der Waals surface area contributed by atoms with Crippen LogP contribution in [0.5, 0.6) is 0 Å². The smallest absolute Gasteiger partial charge is 0.310 e. The number of ether oxygens (including phenoxy) is 1. The van der Waals surface area contributed by atoms with Gasteiger partial charge in [0.25, 0.3) is 0 Å². The molecular weight excluding hydrogens is 548 g/mol. The van der Waals surface area contributed by atoms with Gasteiger partial charge in [-0.05, 0) is 55.1 Å². The monoisotopic (exact) mass is 579 g/mol. The van der Waals surface area contributed by atoms with E-state index in [0.717, 1.165) is 58.4 Å². The van der Waals surface area contributed by atoms with E-state index in [2.05, 4.69) is 31.5 Å². The molecule has 2 bridgehead atoms. The highest BCUT2D eigenvalue weighted by atomic mass is 79.9. The molecule has 0 unspecified atom stereocenters. The van der Waals surface area contributed by atoms with Crippen molar-refractivity contribution in [1.82, 2.24) is 15.5 Å². The number of hydrogen-bond donors (Lipinski definition) is 2. The Morgan fingerprint density at radius 1 is 1.15 bits per heavy atom. The van der Waals surface area contributed by atoms with Gasteiger partial charge < -0.3 is 15.4 Å². The van der Waals surface area contributed by atoms with Crippen molar-refractivity contribution in [1.29, 1.82) is 0 Å². The second-order valence-electron chi connectivity index (χ2n) is 9.79. The zero-order chi connectivity index (χ0) is 22.3. The summed E-state index contributed by atoms with van der Waals surface area (Å²) in [5.41, 5.74) is 0.605. The fraction of sp³-hybridized carbons (Fsp3) is 0.667. The minimum absolute atomic E-state index is 0. The number of amides is 1. The van der Waals surface area contributed by atoms with Crippen LogP contribution in [-0.2, 0) is 20.9 Å². The minimum atomic E-state index is -0.367. The van der Waals surface area contributed by atoms with Crippen molar-refractivity contribution >= 4 is 52.6 Å². The van der Waals surface area contributed by atoms with Crippen molar-refractivity contribution < 1.29 is 18.7 Å². The van der Waals surface area contributed by atoms with Crippen LogP contribution in [-0.4, -0.2) is 56.1 Å². The summed E-state index contributed by atoms with van der Waals surface area (Å²) in [6.07, 6.45) is 4.23. The van der Waals surface area contributed by atoms with Crippen molar-refractivity contribution in [3.63, 3.8) is 0 Å². The van der Waals surface area contributed by atoms with Gasteiger partial charge >= 0.3 is 5.97 Å². The van der Waals surface area contributed by atoms with Crippen LogP contribution in [0.1, 0.15) is 31.2 Å². The topological polar surface area (TPSA) is 70.7 Å². The van der Waals surface area contributed by atoms with Gasteiger partial charge in [-0.15, -0.1) is 24.8 Å². The molecule has 4 fully saturated rings. The molecule has 3 saturated carbocycles. The van der Waals surface area contributed by atoms with E-state index >= 15 is 0 Å². The lowest BCUT2D eigenvalue weighted by Gasteiger charge is -2.30. The molecule has 0 aromatic heterocycles. The number of piperazine rings is 1. The lowest BCUT2D eigenvalue weighted by molar-refractivity contribution is -0.156.